The van der Waals surface area contributed by atoms with Gasteiger partial charge in [-0.05, 0) is 68.6 Å². The second kappa shape index (κ2) is 7.32. The Morgan fingerprint density at radius 2 is 2.04 bits per heavy atom. The third-order valence-corrected chi connectivity index (χ3v) is 4.93. The molecule has 126 valence electrons. The van der Waals surface area contributed by atoms with Crippen molar-refractivity contribution in [3.63, 3.8) is 0 Å². The lowest BCUT2D eigenvalue weighted by Gasteiger charge is -2.30. The molecule has 3 rings (SSSR count). The van der Waals surface area contributed by atoms with Crippen LogP contribution in [-0.2, 0) is 17.8 Å². The highest BCUT2D eigenvalue weighted by Crippen LogP contribution is 2.25. The van der Waals surface area contributed by atoms with Crippen LogP contribution in [0.2, 0.25) is 0 Å². The summed E-state index contributed by atoms with van der Waals surface area (Å²) in [6.45, 7) is 4.73. The van der Waals surface area contributed by atoms with E-state index in [4.69, 9.17) is 9.84 Å². The molecule has 5 nitrogen and oxygen atoms in total. The second-order valence-electron chi connectivity index (χ2n) is 6.84. The molecule has 0 atom stereocenters. The van der Waals surface area contributed by atoms with Crippen LogP contribution in [0, 0.1) is 5.92 Å². The summed E-state index contributed by atoms with van der Waals surface area (Å²) in [4.78, 5) is 15.1. The summed E-state index contributed by atoms with van der Waals surface area (Å²) in [7, 11) is 2.15. The average molecular weight is 318 g/mol. The van der Waals surface area contributed by atoms with Crippen LogP contribution in [-0.4, -0.2) is 60.7 Å². The fourth-order valence-electron chi connectivity index (χ4n) is 3.48. The summed E-state index contributed by atoms with van der Waals surface area (Å²) >= 11 is 0. The standard InChI is InChI=1S/C18H26N2O3/c1-19-7-6-15-2-3-17(10-16(15)11-19)23-13-14-4-8-20(9-5-14)12-18(21)22/h2-3,10,14H,4-9,11-13H2,1H3,(H,21,22). The maximum atomic E-state index is 10.7. The van der Waals surface area contributed by atoms with E-state index in [9.17, 15) is 4.79 Å². The van der Waals surface area contributed by atoms with E-state index in [-0.39, 0.29) is 6.54 Å². The van der Waals surface area contributed by atoms with Gasteiger partial charge in [-0.2, -0.15) is 0 Å². The highest BCUT2D eigenvalue weighted by Gasteiger charge is 2.21. The second-order valence-corrected chi connectivity index (χ2v) is 6.84. The third kappa shape index (κ3) is 4.45. The van der Waals surface area contributed by atoms with Gasteiger partial charge in [-0.3, -0.25) is 9.69 Å². The zero-order chi connectivity index (χ0) is 16.2. The molecule has 0 unspecified atom stereocenters. The minimum atomic E-state index is -0.737. The number of carboxylic acid groups (broad SMARTS) is 1. The van der Waals surface area contributed by atoms with Crippen LogP contribution >= 0.6 is 0 Å². The van der Waals surface area contributed by atoms with E-state index in [0.717, 1.165) is 57.8 Å². The highest BCUT2D eigenvalue weighted by atomic mass is 16.5. The van der Waals surface area contributed by atoms with Gasteiger partial charge in [0.25, 0.3) is 0 Å². The summed E-state index contributed by atoms with van der Waals surface area (Å²) in [5, 5.41) is 8.83. The van der Waals surface area contributed by atoms with Crippen LogP contribution < -0.4 is 4.74 Å². The summed E-state index contributed by atoms with van der Waals surface area (Å²) in [6.07, 6.45) is 3.15. The van der Waals surface area contributed by atoms with E-state index in [0.29, 0.717) is 5.92 Å². The number of likely N-dealkylation sites (N-methyl/N-ethyl adjacent to an activating group) is 1. The van der Waals surface area contributed by atoms with Crippen molar-refractivity contribution in [3.8, 4) is 5.75 Å². The number of nitrogens with zero attached hydrogens (tertiary/aromatic N) is 2. The van der Waals surface area contributed by atoms with Crippen molar-refractivity contribution in [2.24, 2.45) is 5.92 Å². The number of carboxylic acids is 1. The molecule has 2 aliphatic heterocycles. The Morgan fingerprint density at radius 1 is 1.26 bits per heavy atom. The molecule has 1 aromatic carbocycles. The number of benzene rings is 1. The molecule has 0 aromatic heterocycles. The average Bonchev–Trinajstić information content (AvgIpc) is 2.53. The first-order valence-electron chi connectivity index (χ1n) is 8.47. The molecule has 0 aliphatic carbocycles. The van der Waals surface area contributed by atoms with Crippen LogP contribution in [0.25, 0.3) is 0 Å². The number of rotatable bonds is 5. The maximum absolute atomic E-state index is 10.7. The van der Waals surface area contributed by atoms with E-state index in [2.05, 4.69) is 30.1 Å². The number of hydrogen-bond donors (Lipinski definition) is 1. The molecule has 1 aromatic rings. The van der Waals surface area contributed by atoms with E-state index in [1.165, 1.54) is 11.1 Å². The van der Waals surface area contributed by atoms with Crippen LogP contribution in [0.4, 0.5) is 0 Å². The molecule has 2 heterocycles. The topological polar surface area (TPSA) is 53.0 Å². The fourth-order valence-corrected chi connectivity index (χ4v) is 3.48. The zero-order valence-corrected chi connectivity index (χ0v) is 13.8. The van der Waals surface area contributed by atoms with E-state index < -0.39 is 5.97 Å². The monoisotopic (exact) mass is 318 g/mol. The van der Waals surface area contributed by atoms with Crippen molar-refractivity contribution in [1.29, 1.82) is 0 Å². The molecule has 0 radical (unpaired) electrons. The normalized spacial score (nSPS) is 20.2. The molecular weight excluding hydrogens is 292 g/mol. The van der Waals surface area contributed by atoms with Gasteiger partial charge in [0, 0.05) is 13.1 Å². The summed E-state index contributed by atoms with van der Waals surface area (Å²) < 4.78 is 6.01. The van der Waals surface area contributed by atoms with Crippen molar-refractivity contribution in [1.82, 2.24) is 9.80 Å². The molecule has 23 heavy (non-hydrogen) atoms. The number of aliphatic carboxylic acids is 1. The molecule has 0 spiro atoms. The number of likely N-dealkylation sites (tertiary alicyclic amines) is 1. The Morgan fingerprint density at radius 3 is 2.78 bits per heavy atom. The first-order valence-corrected chi connectivity index (χ1v) is 8.47. The lowest BCUT2D eigenvalue weighted by molar-refractivity contribution is -0.138. The van der Waals surface area contributed by atoms with Gasteiger partial charge >= 0.3 is 5.97 Å². The van der Waals surface area contributed by atoms with Gasteiger partial charge in [0.05, 0.1) is 13.2 Å². The van der Waals surface area contributed by atoms with Crippen molar-refractivity contribution < 1.29 is 14.6 Å². The molecule has 1 saturated heterocycles. The van der Waals surface area contributed by atoms with Crippen LogP contribution in [0.5, 0.6) is 5.75 Å². The van der Waals surface area contributed by atoms with Gasteiger partial charge in [-0.15, -0.1) is 0 Å². The lowest BCUT2D eigenvalue weighted by Crippen LogP contribution is -2.38. The molecule has 1 N–H and O–H groups in total. The number of ether oxygens (including phenoxy) is 1. The summed E-state index contributed by atoms with van der Waals surface area (Å²) in [5.74, 6) is 0.754. The van der Waals surface area contributed by atoms with E-state index in [1.807, 2.05) is 4.90 Å². The Kier molecular flexibility index (Phi) is 5.18. The first-order chi connectivity index (χ1) is 11.1. The number of fused-ring (bicyclic) bond motifs is 1. The summed E-state index contributed by atoms with van der Waals surface area (Å²) in [5.41, 5.74) is 2.82. The van der Waals surface area contributed by atoms with Gasteiger partial charge in [-0.25, -0.2) is 0 Å². The quantitative estimate of drug-likeness (QED) is 0.898. The Balaban J connectivity index is 1.48. The molecule has 1 fully saturated rings. The van der Waals surface area contributed by atoms with Crippen LogP contribution in [0.15, 0.2) is 18.2 Å². The van der Waals surface area contributed by atoms with Gasteiger partial charge < -0.3 is 14.7 Å². The van der Waals surface area contributed by atoms with Crippen molar-refractivity contribution >= 4 is 5.97 Å². The van der Waals surface area contributed by atoms with Gasteiger partial charge in [0.2, 0.25) is 0 Å². The highest BCUT2D eigenvalue weighted by molar-refractivity contribution is 5.69. The van der Waals surface area contributed by atoms with E-state index in [1.54, 1.807) is 0 Å². The summed E-state index contributed by atoms with van der Waals surface area (Å²) in [6, 6.07) is 6.47. The predicted octanol–water partition coefficient (Wildman–Crippen LogP) is 1.85. The van der Waals surface area contributed by atoms with Crippen LogP contribution in [0.1, 0.15) is 24.0 Å². The van der Waals surface area contributed by atoms with Crippen molar-refractivity contribution in [2.75, 3.05) is 39.8 Å². The molecule has 0 saturated carbocycles. The molecule has 5 heteroatoms. The number of hydrogen-bond acceptors (Lipinski definition) is 4. The molecular formula is C18H26N2O3. The SMILES string of the molecule is CN1CCc2ccc(OCC3CCN(CC(=O)O)CC3)cc2C1. The molecule has 0 amide bonds. The number of carbonyl (C=O) groups is 1. The lowest BCUT2D eigenvalue weighted by atomic mass is 9.97. The molecule has 0 bridgehead atoms. The maximum Gasteiger partial charge on any atom is 0.317 e. The zero-order valence-electron chi connectivity index (χ0n) is 13.8. The number of piperidine rings is 1. The minimum absolute atomic E-state index is 0.159. The van der Waals surface area contributed by atoms with Crippen molar-refractivity contribution in [3.05, 3.63) is 29.3 Å². The van der Waals surface area contributed by atoms with Gasteiger partial charge in [-0.1, -0.05) is 6.07 Å². The van der Waals surface area contributed by atoms with Gasteiger partial charge in [0.15, 0.2) is 0 Å². The fraction of sp³-hybridized carbons (Fsp3) is 0.611. The first kappa shape index (κ1) is 16.3. The van der Waals surface area contributed by atoms with Crippen LogP contribution in [0.3, 0.4) is 0 Å². The smallest absolute Gasteiger partial charge is 0.317 e. The Labute approximate surface area is 137 Å². The largest absolute Gasteiger partial charge is 0.493 e. The third-order valence-electron chi connectivity index (χ3n) is 4.93. The van der Waals surface area contributed by atoms with Gasteiger partial charge in [0.1, 0.15) is 5.75 Å². The Bertz CT molecular complexity index is 553. The van der Waals surface area contributed by atoms with E-state index >= 15 is 0 Å². The minimum Gasteiger partial charge on any atom is -0.493 e. The Hall–Kier alpha value is -1.59. The molecule has 2 aliphatic rings. The predicted molar refractivity (Wildman–Crippen MR) is 88.8 cm³/mol. The van der Waals surface area contributed by atoms with Crippen molar-refractivity contribution in [2.45, 2.75) is 25.8 Å².